The van der Waals surface area contributed by atoms with Crippen molar-refractivity contribution in [2.45, 2.75) is 6.04 Å². The van der Waals surface area contributed by atoms with Gasteiger partial charge >= 0.3 is 0 Å². The lowest BCUT2D eigenvalue weighted by atomic mass is 10.1. The number of nitrogens with one attached hydrogen (secondary N) is 1. The molecule has 23 heavy (non-hydrogen) atoms. The van der Waals surface area contributed by atoms with Crippen LogP contribution in [0.5, 0.6) is 0 Å². The van der Waals surface area contributed by atoms with Crippen LogP contribution in [-0.4, -0.2) is 53.9 Å². The second-order valence-corrected chi connectivity index (χ2v) is 6.34. The Morgan fingerprint density at radius 3 is 2.83 bits per heavy atom. The van der Waals surface area contributed by atoms with Gasteiger partial charge in [0.1, 0.15) is 17.6 Å². The summed E-state index contributed by atoms with van der Waals surface area (Å²) >= 11 is 1.46. The summed E-state index contributed by atoms with van der Waals surface area (Å²) in [6.07, 6.45) is 3.01. The van der Waals surface area contributed by atoms with Crippen molar-refractivity contribution < 1.29 is 9.59 Å². The summed E-state index contributed by atoms with van der Waals surface area (Å²) in [5.74, 6) is 0.230. The minimum Gasteiger partial charge on any atom is -0.361 e. The predicted octanol–water partition coefficient (Wildman–Crippen LogP) is 0.917. The lowest BCUT2D eigenvalue weighted by Crippen LogP contribution is -2.52. The molecule has 1 fully saturated rings. The Morgan fingerprint density at radius 2 is 2.22 bits per heavy atom. The van der Waals surface area contributed by atoms with Gasteiger partial charge in [-0.15, -0.1) is 11.3 Å². The minimum atomic E-state index is -0.605. The fourth-order valence-corrected chi connectivity index (χ4v) is 3.26. The van der Waals surface area contributed by atoms with Crippen molar-refractivity contribution in [3.05, 3.63) is 40.5 Å². The molecule has 120 valence electrons. The Morgan fingerprint density at radius 1 is 1.39 bits per heavy atom. The summed E-state index contributed by atoms with van der Waals surface area (Å²) in [5, 5.41) is 4.71. The zero-order valence-corrected chi connectivity index (χ0v) is 13.7. The number of hydrogen-bond acceptors (Lipinski definition) is 6. The van der Waals surface area contributed by atoms with Crippen LogP contribution in [0.3, 0.4) is 0 Å². The van der Waals surface area contributed by atoms with E-state index in [0.717, 1.165) is 4.88 Å². The Bertz CT molecular complexity index is 699. The van der Waals surface area contributed by atoms with Crippen molar-refractivity contribution in [3.63, 3.8) is 0 Å². The number of nitrogens with zero attached hydrogens (tertiary/aromatic N) is 4. The first-order chi connectivity index (χ1) is 11.1. The second kappa shape index (κ2) is 6.33. The van der Waals surface area contributed by atoms with Gasteiger partial charge < -0.3 is 15.1 Å². The van der Waals surface area contributed by atoms with Gasteiger partial charge in [0.05, 0.1) is 12.4 Å². The molecule has 1 unspecified atom stereocenters. The zero-order valence-electron chi connectivity index (χ0n) is 12.9. The maximum Gasteiger partial charge on any atom is 0.275 e. The van der Waals surface area contributed by atoms with Gasteiger partial charge in [-0.05, 0) is 11.4 Å². The summed E-state index contributed by atoms with van der Waals surface area (Å²) in [7, 11) is 3.71. The minimum absolute atomic E-state index is 0.162. The van der Waals surface area contributed by atoms with Crippen molar-refractivity contribution in [1.82, 2.24) is 20.2 Å². The molecule has 2 aromatic heterocycles. The number of carbonyl (C=O) groups excluding carboxylic acids is 2. The highest BCUT2D eigenvalue weighted by Crippen LogP contribution is 2.28. The van der Waals surface area contributed by atoms with Crippen LogP contribution < -0.4 is 10.2 Å². The van der Waals surface area contributed by atoms with Crippen molar-refractivity contribution in [1.29, 1.82) is 0 Å². The molecule has 1 atom stereocenters. The number of aromatic nitrogens is 2. The van der Waals surface area contributed by atoms with Gasteiger partial charge in [-0.1, -0.05) is 6.07 Å². The van der Waals surface area contributed by atoms with E-state index in [0.29, 0.717) is 18.9 Å². The van der Waals surface area contributed by atoms with Crippen molar-refractivity contribution in [2.24, 2.45) is 0 Å². The van der Waals surface area contributed by atoms with Gasteiger partial charge in [-0.2, -0.15) is 0 Å². The second-order valence-electron chi connectivity index (χ2n) is 5.36. The molecule has 1 saturated heterocycles. The average molecular weight is 331 g/mol. The molecule has 0 radical (unpaired) electrons. The third kappa shape index (κ3) is 3.02. The van der Waals surface area contributed by atoms with Crippen LogP contribution >= 0.6 is 11.3 Å². The molecular formula is C15H17N5O2S. The smallest absolute Gasteiger partial charge is 0.275 e. The molecule has 1 aliphatic rings. The third-order valence-corrected chi connectivity index (χ3v) is 4.53. The van der Waals surface area contributed by atoms with E-state index in [4.69, 9.17) is 0 Å². The molecule has 8 heteroatoms. The van der Waals surface area contributed by atoms with Crippen LogP contribution in [0.2, 0.25) is 0 Å². The molecule has 0 saturated carbocycles. The number of hydrogen-bond donors (Lipinski definition) is 1. The van der Waals surface area contributed by atoms with E-state index in [9.17, 15) is 9.59 Å². The zero-order chi connectivity index (χ0) is 16.4. The van der Waals surface area contributed by atoms with Crippen LogP contribution in [0.25, 0.3) is 0 Å². The molecular weight excluding hydrogens is 314 g/mol. The number of anilines is 1. The molecule has 3 rings (SSSR count). The Hall–Kier alpha value is -2.48. The Kier molecular flexibility index (Phi) is 4.24. The molecule has 1 N–H and O–H groups in total. The topological polar surface area (TPSA) is 78.4 Å². The fourth-order valence-electron chi connectivity index (χ4n) is 2.43. The van der Waals surface area contributed by atoms with Gasteiger partial charge in [0.2, 0.25) is 5.91 Å². The van der Waals surface area contributed by atoms with E-state index in [1.807, 2.05) is 36.5 Å². The van der Waals surface area contributed by atoms with E-state index in [1.54, 1.807) is 11.1 Å². The van der Waals surface area contributed by atoms with Crippen LogP contribution in [0, 0.1) is 0 Å². The number of thiophene rings is 1. The maximum atomic E-state index is 12.8. The van der Waals surface area contributed by atoms with E-state index in [1.165, 1.54) is 17.5 Å². The summed E-state index contributed by atoms with van der Waals surface area (Å²) < 4.78 is 0. The first-order valence-corrected chi connectivity index (χ1v) is 8.07. The summed E-state index contributed by atoms with van der Waals surface area (Å²) in [6.45, 7) is 0.889. The van der Waals surface area contributed by atoms with Crippen LogP contribution in [-0.2, 0) is 4.79 Å². The Balaban J connectivity index is 1.88. The quantitative estimate of drug-likeness (QED) is 0.905. The number of piperazine rings is 1. The molecule has 0 spiro atoms. The number of rotatable bonds is 3. The highest BCUT2D eigenvalue weighted by Gasteiger charge is 2.36. The molecule has 2 amide bonds. The molecule has 2 aromatic rings. The summed E-state index contributed by atoms with van der Waals surface area (Å²) in [6, 6.07) is 3.13. The molecule has 0 aromatic carbocycles. The predicted molar refractivity (Wildman–Crippen MR) is 87.5 cm³/mol. The largest absolute Gasteiger partial charge is 0.361 e. The van der Waals surface area contributed by atoms with E-state index >= 15 is 0 Å². The van der Waals surface area contributed by atoms with E-state index in [-0.39, 0.29) is 17.5 Å². The van der Waals surface area contributed by atoms with E-state index in [2.05, 4.69) is 15.3 Å². The SMILES string of the molecule is CN(C)c1cnc(C(=O)N2CCNC(=O)C2c2cccs2)cn1. The standard InChI is InChI=1S/C15H17N5O2S/c1-19(2)12-9-17-10(8-18-12)15(22)20-6-5-16-14(21)13(20)11-4-3-7-23-11/h3-4,7-9,13H,5-6H2,1-2H3,(H,16,21). The summed E-state index contributed by atoms with van der Waals surface area (Å²) in [5.41, 5.74) is 0.242. The molecule has 1 aliphatic heterocycles. The van der Waals surface area contributed by atoms with Crippen LogP contribution in [0.15, 0.2) is 29.9 Å². The van der Waals surface area contributed by atoms with Gasteiger partial charge in [0, 0.05) is 32.1 Å². The molecule has 3 heterocycles. The first kappa shape index (κ1) is 15.4. The lowest BCUT2D eigenvalue weighted by molar-refractivity contribution is -0.127. The van der Waals surface area contributed by atoms with Gasteiger partial charge in [-0.3, -0.25) is 9.59 Å². The van der Waals surface area contributed by atoms with Gasteiger partial charge in [0.25, 0.3) is 5.91 Å². The average Bonchev–Trinajstić information content (AvgIpc) is 3.08. The maximum absolute atomic E-state index is 12.8. The number of carbonyl (C=O) groups is 2. The fraction of sp³-hybridized carbons (Fsp3) is 0.333. The van der Waals surface area contributed by atoms with Crippen molar-refractivity contribution in [2.75, 3.05) is 32.1 Å². The molecule has 0 bridgehead atoms. The molecule has 0 aliphatic carbocycles. The summed E-state index contributed by atoms with van der Waals surface area (Å²) in [4.78, 5) is 37.6. The van der Waals surface area contributed by atoms with Crippen molar-refractivity contribution in [3.8, 4) is 0 Å². The highest BCUT2D eigenvalue weighted by atomic mass is 32.1. The lowest BCUT2D eigenvalue weighted by Gasteiger charge is -2.34. The Labute approximate surface area is 138 Å². The third-order valence-electron chi connectivity index (χ3n) is 3.60. The molecule has 7 nitrogen and oxygen atoms in total. The normalized spacial score (nSPS) is 17.7. The first-order valence-electron chi connectivity index (χ1n) is 7.19. The van der Waals surface area contributed by atoms with Crippen LogP contribution in [0.1, 0.15) is 21.4 Å². The van der Waals surface area contributed by atoms with Gasteiger partial charge in [0.15, 0.2) is 0 Å². The van der Waals surface area contributed by atoms with Gasteiger partial charge in [-0.25, -0.2) is 9.97 Å². The van der Waals surface area contributed by atoms with Crippen molar-refractivity contribution >= 4 is 29.0 Å². The van der Waals surface area contributed by atoms with Crippen LogP contribution in [0.4, 0.5) is 5.82 Å². The number of amides is 2. The highest BCUT2D eigenvalue weighted by molar-refractivity contribution is 7.10. The van der Waals surface area contributed by atoms with E-state index < -0.39 is 6.04 Å². The monoisotopic (exact) mass is 331 g/mol.